The minimum atomic E-state index is -0.153. The molecule has 1 atom stereocenters. The van der Waals surface area contributed by atoms with Crippen LogP contribution in [0.1, 0.15) is 30.0 Å². The number of hydrogen-bond donors (Lipinski definition) is 2. The molecular formula is C12H18ClNO2. The van der Waals surface area contributed by atoms with Crippen LogP contribution in [0.25, 0.3) is 0 Å². The van der Waals surface area contributed by atoms with Crippen LogP contribution in [0, 0.1) is 6.92 Å². The molecule has 1 aromatic rings. The molecule has 1 unspecified atom stereocenters. The number of ether oxygens (including phenoxy) is 1. The first kappa shape index (κ1) is 13.3. The summed E-state index contributed by atoms with van der Waals surface area (Å²) in [6.45, 7) is 2.09. The van der Waals surface area contributed by atoms with Crippen molar-refractivity contribution in [3.05, 3.63) is 28.3 Å². The quantitative estimate of drug-likeness (QED) is 0.835. The first-order valence-corrected chi connectivity index (χ1v) is 5.68. The van der Waals surface area contributed by atoms with Crippen LogP contribution in [-0.2, 0) is 0 Å². The number of rotatable bonds is 5. The Bertz CT molecular complexity index is 355. The minimum absolute atomic E-state index is 0.148. The zero-order valence-electron chi connectivity index (χ0n) is 9.66. The van der Waals surface area contributed by atoms with E-state index in [1.807, 2.05) is 19.1 Å². The van der Waals surface area contributed by atoms with Crippen LogP contribution >= 0.6 is 11.6 Å². The summed E-state index contributed by atoms with van der Waals surface area (Å²) in [5.74, 6) is 0.787. The second kappa shape index (κ2) is 6.09. The number of aliphatic hydroxyl groups is 1. The summed E-state index contributed by atoms with van der Waals surface area (Å²) in [6.07, 6.45) is 1.39. The SMILES string of the molecule is COc1c(C)cc(Cl)cc1C(N)CCCO. The van der Waals surface area contributed by atoms with Gasteiger partial charge in [-0.25, -0.2) is 0 Å². The van der Waals surface area contributed by atoms with Gasteiger partial charge in [0.25, 0.3) is 0 Å². The molecule has 90 valence electrons. The van der Waals surface area contributed by atoms with Crippen LogP contribution < -0.4 is 10.5 Å². The summed E-state index contributed by atoms with van der Waals surface area (Å²) < 4.78 is 5.33. The maximum Gasteiger partial charge on any atom is 0.126 e. The topological polar surface area (TPSA) is 55.5 Å². The average Bonchev–Trinajstić information content (AvgIpc) is 2.24. The van der Waals surface area contributed by atoms with Crippen molar-refractivity contribution in [2.24, 2.45) is 5.73 Å². The third kappa shape index (κ3) is 3.11. The van der Waals surface area contributed by atoms with Crippen molar-refractivity contribution in [3.8, 4) is 5.75 Å². The highest BCUT2D eigenvalue weighted by molar-refractivity contribution is 6.30. The molecule has 0 spiro atoms. The molecule has 3 N–H and O–H groups in total. The Kier molecular flexibility index (Phi) is 5.06. The van der Waals surface area contributed by atoms with Crippen molar-refractivity contribution in [1.29, 1.82) is 0 Å². The van der Waals surface area contributed by atoms with E-state index in [0.717, 1.165) is 16.9 Å². The summed E-state index contributed by atoms with van der Waals surface area (Å²) in [7, 11) is 1.62. The lowest BCUT2D eigenvalue weighted by Crippen LogP contribution is -2.12. The molecule has 16 heavy (non-hydrogen) atoms. The molecular weight excluding hydrogens is 226 g/mol. The van der Waals surface area contributed by atoms with E-state index in [9.17, 15) is 0 Å². The highest BCUT2D eigenvalue weighted by Crippen LogP contribution is 2.32. The van der Waals surface area contributed by atoms with E-state index in [1.54, 1.807) is 7.11 Å². The maximum atomic E-state index is 8.78. The van der Waals surface area contributed by atoms with Crippen LogP contribution in [0.4, 0.5) is 0 Å². The second-order valence-corrected chi connectivity index (χ2v) is 4.25. The molecule has 0 fully saturated rings. The number of hydrogen-bond acceptors (Lipinski definition) is 3. The minimum Gasteiger partial charge on any atom is -0.496 e. The largest absolute Gasteiger partial charge is 0.496 e. The Morgan fingerprint density at radius 2 is 2.19 bits per heavy atom. The smallest absolute Gasteiger partial charge is 0.126 e. The molecule has 4 heteroatoms. The molecule has 0 radical (unpaired) electrons. The lowest BCUT2D eigenvalue weighted by atomic mass is 9.99. The van der Waals surface area contributed by atoms with Gasteiger partial charge in [-0.15, -0.1) is 0 Å². The standard InChI is InChI=1S/C12H18ClNO2/c1-8-6-9(13)7-10(12(8)16-2)11(14)4-3-5-15/h6-7,11,15H,3-5,14H2,1-2H3. The van der Waals surface area contributed by atoms with Gasteiger partial charge in [-0.2, -0.15) is 0 Å². The first-order valence-electron chi connectivity index (χ1n) is 5.30. The van der Waals surface area contributed by atoms with E-state index in [-0.39, 0.29) is 12.6 Å². The molecule has 3 nitrogen and oxygen atoms in total. The van der Waals surface area contributed by atoms with E-state index in [0.29, 0.717) is 17.9 Å². The number of aliphatic hydroxyl groups excluding tert-OH is 1. The van der Waals surface area contributed by atoms with Crippen molar-refractivity contribution in [3.63, 3.8) is 0 Å². The molecule has 1 rings (SSSR count). The fourth-order valence-corrected chi connectivity index (χ4v) is 2.06. The molecule has 0 amide bonds. The van der Waals surface area contributed by atoms with Crippen molar-refractivity contribution >= 4 is 11.6 Å². The lowest BCUT2D eigenvalue weighted by Gasteiger charge is -2.17. The molecule has 0 bridgehead atoms. The van der Waals surface area contributed by atoms with Crippen LogP contribution in [-0.4, -0.2) is 18.8 Å². The zero-order chi connectivity index (χ0) is 12.1. The Morgan fingerprint density at radius 3 is 2.75 bits per heavy atom. The lowest BCUT2D eigenvalue weighted by molar-refractivity contribution is 0.279. The number of halogens is 1. The monoisotopic (exact) mass is 243 g/mol. The second-order valence-electron chi connectivity index (χ2n) is 3.82. The predicted octanol–water partition coefficient (Wildman–Crippen LogP) is 2.43. The fourth-order valence-electron chi connectivity index (χ4n) is 1.78. The van der Waals surface area contributed by atoms with Crippen LogP contribution in [0.15, 0.2) is 12.1 Å². The fraction of sp³-hybridized carbons (Fsp3) is 0.500. The summed E-state index contributed by atoms with van der Waals surface area (Å²) in [5, 5.41) is 9.44. The van der Waals surface area contributed by atoms with Gasteiger partial charge in [-0.05, 0) is 37.5 Å². The van der Waals surface area contributed by atoms with E-state index in [2.05, 4.69) is 0 Å². The maximum absolute atomic E-state index is 8.78. The van der Waals surface area contributed by atoms with Crippen molar-refractivity contribution in [1.82, 2.24) is 0 Å². The van der Waals surface area contributed by atoms with Gasteiger partial charge in [0, 0.05) is 23.2 Å². The summed E-state index contributed by atoms with van der Waals surface area (Å²) in [5.41, 5.74) is 7.93. The van der Waals surface area contributed by atoms with Gasteiger partial charge < -0.3 is 15.6 Å². The molecule has 0 aromatic heterocycles. The Hall–Kier alpha value is -0.770. The highest BCUT2D eigenvalue weighted by atomic mass is 35.5. The van der Waals surface area contributed by atoms with E-state index in [1.165, 1.54) is 0 Å². The molecule has 0 heterocycles. The normalized spacial score (nSPS) is 12.6. The van der Waals surface area contributed by atoms with Crippen molar-refractivity contribution in [2.75, 3.05) is 13.7 Å². The van der Waals surface area contributed by atoms with Gasteiger partial charge in [-0.1, -0.05) is 11.6 Å². The molecule has 0 aliphatic carbocycles. The molecule has 0 saturated carbocycles. The van der Waals surface area contributed by atoms with Gasteiger partial charge in [0.15, 0.2) is 0 Å². The van der Waals surface area contributed by atoms with Crippen molar-refractivity contribution in [2.45, 2.75) is 25.8 Å². The summed E-state index contributed by atoms with van der Waals surface area (Å²) in [4.78, 5) is 0. The van der Waals surface area contributed by atoms with Gasteiger partial charge in [0.05, 0.1) is 7.11 Å². The van der Waals surface area contributed by atoms with Gasteiger partial charge in [0.2, 0.25) is 0 Å². The Labute approximate surface area is 101 Å². The average molecular weight is 244 g/mol. The summed E-state index contributed by atoms with van der Waals surface area (Å²) >= 11 is 6.00. The van der Waals surface area contributed by atoms with Crippen LogP contribution in [0.5, 0.6) is 5.75 Å². The summed E-state index contributed by atoms with van der Waals surface area (Å²) in [6, 6.07) is 3.53. The predicted molar refractivity (Wildman–Crippen MR) is 66.0 cm³/mol. The van der Waals surface area contributed by atoms with E-state index < -0.39 is 0 Å². The Morgan fingerprint density at radius 1 is 1.50 bits per heavy atom. The Balaban J connectivity index is 3.00. The van der Waals surface area contributed by atoms with E-state index >= 15 is 0 Å². The third-order valence-electron chi connectivity index (χ3n) is 2.54. The van der Waals surface area contributed by atoms with Gasteiger partial charge in [-0.3, -0.25) is 0 Å². The highest BCUT2D eigenvalue weighted by Gasteiger charge is 2.14. The van der Waals surface area contributed by atoms with Gasteiger partial charge >= 0.3 is 0 Å². The van der Waals surface area contributed by atoms with E-state index in [4.69, 9.17) is 27.2 Å². The van der Waals surface area contributed by atoms with Gasteiger partial charge in [0.1, 0.15) is 5.75 Å². The molecule has 0 saturated heterocycles. The number of nitrogens with two attached hydrogens (primary N) is 1. The molecule has 0 aliphatic heterocycles. The van der Waals surface area contributed by atoms with Crippen LogP contribution in [0.2, 0.25) is 5.02 Å². The number of methoxy groups -OCH3 is 1. The third-order valence-corrected chi connectivity index (χ3v) is 2.76. The zero-order valence-corrected chi connectivity index (χ0v) is 10.4. The first-order chi connectivity index (χ1) is 7.60. The molecule has 1 aromatic carbocycles. The molecule has 0 aliphatic rings. The van der Waals surface area contributed by atoms with Crippen LogP contribution in [0.3, 0.4) is 0 Å². The van der Waals surface area contributed by atoms with Crippen molar-refractivity contribution < 1.29 is 9.84 Å². The number of benzene rings is 1. The number of aryl methyl sites for hydroxylation is 1.